The summed E-state index contributed by atoms with van der Waals surface area (Å²) < 4.78 is 0. The summed E-state index contributed by atoms with van der Waals surface area (Å²) in [5.41, 5.74) is 0.208. The Balaban J connectivity index is 2.43. The van der Waals surface area contributed by atoms with Crippen molar-refractivity contribution in [3.8, 4) is 0 Å². The molecule has 0 aliphatic rings. The number of nitrogens with one attached hydrogen (secondary N) is 3. The van der Waals surface area contributed by atoms with Gasteiger partial charge in [-0.1, -0.05) is 0 Å². The fourth-order valence-corrected chi connectivity index (χ4v) is 1.53. The molecular weight excluding hydrogens is 232 g/mol. The molecule has 0 radical (unpaired) electrons. The van der Waals surface area contributed by atoms with Crippen LogP contribution in [0, 0.1) is 0 Å². The average molecular weight is 250 g/mol. The summed E-state index contributed by atoms with van der Waals surface area (Å²) in [5, 5.41) is 23.1. The van der Waals surface area contributed by atoms with Gasteiger partial charge in [-0.25, -0.2) is 0 Å². The van der Waals surface area contributed by atoms with Gasteiger partial charge in [-0.3, -0.25) is 5.10 Å². The van der Waals surface area contributed by atoms with Gasteiger partial charge in [-0.2, -0.15) is 15.1 Å². The van der Waals surface area contributed by atoms with Crippen LogP contribution in [0.15, 0.2) is 6.20 Å². The van der Waals surface area contributed by atoms with Crippen LogP contribution in [0.1, 0.15) is 20.8 Å². The van der Waals surface area contributed by atoms with E-state index in [4.69, 9.17) is 0 Å². The monoisotopic (exact) mass is 250 g/mol. The van der Waals surface area contributed by atoms with Crippen LogP contribution < -0.4 is 10.6 Å². The molecule has 0 spiro atoms. The number of fused-ring (bicyclic) bond motifs is 1. The maximum absolute atomic E-state index is 9.31. The van der Waals surface area contributed by atoms with Gasteiger partial charge in [0.15, 0.2) is 5.65 Å². The molecule has 0 atom stereocenters. The predicted octanol–water partition coefficient (Wildman–Crippen LogP) is 0.967. The SMILES string of the molecule is CCNc1nc(NC(C)(C)CO)c2cn[nH]c2n1. The van der Waals surface area contributed by atoms with E-state index in [0.29, 0.717) is 17.4 Å². The van der Waals surface area contributed by atoms with Crippen molar-refractivity contribution in [3.05, 3.63) is 6.20 Å². The number of anilines is 2. The zero-order valence-electron chi connectivity index (χ0n) is 10.8. The number of hydrogen-bond acceptors (Lipinski definition) is 6. The molecule has 0 aliphatic heterocycles. The van der Waals surface area contributed by atoms with E-state index < -0.39 is 5.54 Å². The van der Waals surface area contributed by atoms with Crippen molar-refractivity contribution in [1.82, 2.24) is 20.2 Å². The second-order valence-electron chi connectivity index (χ2n) is 4.73. The minimum Gasteiger partial charge on any atom is -0.394 e. The molecule has 0 aromatic carbocycles. The number of rotatable bonds is 5. The first-order valence-electron chi connectivity index (χ1n) is 5.90. The van der Waals surface area contributed by atoms with Gasteiger partial charge in [0.1, 0.15) is 5.82 Å². The van der Waals surface area contributed by atoms with Gasteiger partial charge in [0.25, 0.3) is 0 Å². The van der Waals surface area contributed by atoms with E-state index in [2.05, 4.69) is 30.8 Å². The largest absolute Gasteiger partial charge is 0.394 e. The molecule has 7 nitrogen and oxygen atoms in total. The summed E-state index contributed by atoms with van der Waals surface area (Å²) in [4.78, 5) is 8.69. The quantitative estimate of drug-likeness (QED) is 0.631. The first-order chi connectivity index (χ1) is 8.55. The Kier molecular flexibility index (Phi) is 3.33. The number of hydrogen-bond donors (Lipinski definition) is 4. The van der Waals surface area contributed by atoms with Crippen LogP contribution in [0.2, 0.25) is 0 Å². The summed E-state index contributed by atoms with van der Waals surface area (Å²) in [6, 6.07) is 0. The van der Waals surface area contributed by atoms with Gasteiger partial charge < -0.3 is 15.7 Å². The Morgan fingerprint density at radius 2 is 2.17 bits per heavy atom. The molecule has 2 heterocycles. The maximum Gasteiger partial charge on any atom is 0.226 e. The molecule has 0 fully saturated rings. The third-order valence-corrected chi connectivity index (χ3v) is 2.50. The van der Waals surface area contributed by atoms with Gasteiger partial charge in [-0.05, 0) is 20.8 Å². The van der Waals surface area contributed by atoms with Crippen LogP contribution in [0.25, 0.3) is 11.0 Å². The highest BCUT2D eigenvalue weighted by molar-refractivity contribution is 5.87. The minimum absolute atomic E-state index is 0.00683. The van der Waals surface area contributed by atoms with Crippen LogP contribution in [0.3, 0.4) is 0 Å². The fourth-order valence-electron chi connectivity index (χ4n) is 1.53. The highest BCUT2D eigenvalue weighted by atomic mass is 16.3. The lowest BCUT2D eigenvalue weighted by Crippen LogP contribution is -2.35. The molecule has 2 aromatic heterocycles. The summed E-state index contributed by atoms with van der Waals surface area (Å²) in [6.07, 6.45) is 1.67. The van der Waals surface area contributed by atoms with Crippen molar-refractivity contribution < 1.29 is 5.11 Å². The topological polar surface area (TPSA) is 98.8 Å². The third-order valence-electron chi connectivity index (χ3n) is 2.50. The van der Waals surface area contributed by atoms with Crippen molar-refractivity contribution in [1.29, 1.82) is 0 Å². The molecule has 0 aliphatic carbocycles. The van der Waals surface area contributed by atoms with E-state index in [9.17, 15) is 5.11 Å². The molecule has 4 N–H and O–H groups in total. The smallest absolute Gasteiger partial charge is 0.226 e. The Morgan fingerprint density at radius 1 is 1.39 bits per heavy atom. The van der Waals surface area contributed by atoms with Crippen LogP contribution in [-0.4, -0.2) is 44.0 Å². The average Bonchev–Trinajstić information content (AvgIpc) is 2.77. The third kappa shape index (κ3) is 2.51. The van der Waals surface area contributed by atoms with Crippen molar-refractivity contribution in [2.24, 2.45) is 0 Å². The van der Waals surface area contributed by atoms with Gasteiger partial charge in [0.05, 0.1) is 23.7 Å². The molecule has 0 bridgehead atoms. The van der Waals surface area contributed by atoms with E-state index in [1.165, 1.54) is 0 Å². The van der Waals surface area contributed by atoms with E-state index in [1.807, 2.05) is 20.8 Å². The Morgan fingerprint density at radius 3 is 2.83 bits per heavy atom. The number of nitrogens with zero attached hydrogens (tertiary/aromatic N) is 3. The Hall–Kier alpha value is -1.89. The highest BCUT2D eigenvalue weighted by Gasteiger charge is 2.19. The van der Waals surface area contributed by atoms with Gasteiger partial charge in [0.2, 0.25) is 5.95 Å². The Labute approximate surface area is 105 Å². The number of H-pyrrole nitrogens is 1. The van der Waals surface area contributed by atoms with Crippen molar-refractivity contribution in [2.75, 3.05) is 23.8 Å². The molecule has 7 heteroatoms. The van der Waals surface area contributed by atoms with Crippen molar-refractivity contribution >= 4 is 22.8 Å². The summed E-state index contributed by atoms with van der Waals surface area (Å²) >= 11 is 0. The molecule has 18 heavy (non-hydrogen) atoms. The van der Waals surface area contributed by atoms with Crippen LogP contribution in [0.4, 0.5) is 11.8 Å². The van der Waals surface area contributed by atoms with E-state index >= 15 is 0 Å². The fraction of sp³-hybridized carbons (Fsp3) is 0.545. The van der Waals surface area contributed by atoms with Gasteiger partial charge in [0, 0.05) is 6.54 Å². The molecule has 0 unspecified atom stereocenters. The van der Waals surface area contributed by atoms with E-state index in [1.54, 1.807) is 6.20 Å². The minimum atomic E-state index is -0.456. The maximum atomic E-state index is 9.31. The lowest BCUT2D eigenvalue weighted by molar-refractivity contribution is 0.234. The molecular formula is C11H18N6O. The first kappa shape index (κ1) is 12.6. The lowest BCUT2D eigenvalue weighted by atomic mass is 10.1. The summed E-state index contributed by atoms with van der Waals surface area (Å²) in [6.45, 7) is 6.52. The van der Waals surface area contributed by atoms with E-state index in [0.717, 1.165) is 11.9 Å². The summed E-state index contributed by atoms with van der Waals surface area (Å²) in [5.74, 6) is 1.19. The first-order valence-corrected chi connectivity index (χ1v) is 5.90. The zero-order valence-corrected chi connectivity index (χ0v) is 10.8. The standard InChI is InChI=1S/C11H18N6O/c1-4-12-10-14-8(16-11(2,3)6-18)7-5-13-17-9(7)15-10/h5,18H,4,6H2,1-3H3,(H3,12,13,14,15,16,17). The Bertz CT molecular complexity index is 535. The van der Waals surface area contributed by atoms with E-state index in [-0.39, 0.29) is 6.61 Å². The zero-order chi connectivity index (χ0) is 13.2. The number of aliphatic hydroxyl groups excluding tert-OH is 1. The van der Waals surface area contributed by atoms with Crippen molar-refractivity contribution in [2.45, 2.75) is 26.3 Å². The molecule has 0 amide bonds. The molecule has 2 rings (SSSR count). The van der Waals surface area contributed by atoms with Crippen molar-refractivity contribution in [3.63, 3.8) is 0 Å². The number of aromatic amines is 1. The molecule has 98 valence electrons. The van der Waals surface area contributed by atoms with Crippen LogP contribution in [-0.2, 0) is 0 Å². The van der Waals surface area contributed by atoms with Gasteiger partial charge >= 0.3 is 0 Å². The normalized spacial score (nSPS) is 11.8. The van der Waals surface area contributed by atoms with Gasteiger partial charge in [-0.15, -0.1) is 0 Å². The second-order valence-corrected chi connectivity index (χ2v) is 4.73. The predicted molar refractivity (Wildman–Crippen MR) is 70.6 cm³/mol. The molecule has 0 saturated carbocycles. The van der Waals surface area contributed by atoms with Crippen LogP contribution in [0.5, 0.6) is 0 Å². The second kappa shape index (κ2) is 4.77. The number of aromatic nitrogens is 4. The molecule has 0 saturated heterocycles. The lowest BCUT2D eigenvalue weighted by Gasteiger charge is -2.24. The highest BCUT2D eigenvalue weighted by Crippen LogP contribution is 2.22. The molecule has 2 aromatic rings. The van der Waals surface area contributed by atoms with Crippen LogP contribution >= 0.6 is 0 Å². The summed E-state index contributed by atoms with van der Waals surface area (Å²) in [7, 11) is 0. The number of aliphatic hydroxyl groups is 1.